The van der Waals surface area contributed by atoms with Crippen molar-refractivity contribution >= 4 is 32.7 Å². The molecule has 4 aromatic rings. The lowest BCUT2D eigenvalue weighted by Crippen LogP contribution is -2.14. The van der Waals surface area contributed by atoms with E-state index in [0.717, 1.165) is 11.2 Å². The summed E-state index contributed by atoms with van der Waals surface area (Å²) in [4.78, 5) is 0. The highest BCUT2D eigenvalue weighted by Gasteiger charge is 2.25. The number of benzene rings is 3. The maximum Gasteiger partial charge on any atom is 0.143 e. The van der Waals surface area contributed by atoms with E-state index in [4.69, 9.17) is 4.42 Å². The fraction of sp³-hybridized carbons (Fsp3) is 0.273. The van der Waals surface area contributed by atoms with Crippen LogP contribution in [0.15, 0.2) is 46.9 Å². The van der Waals surface area contributed by atoms with Crippen molar-refractivity contribution in [3.63, 3.8) is 0 Å². The molecule has 1 heterocycles. The highest BCUT2D eigenvalue weighted by atomic mass is 16.3. The van der Waals surface area contributed by atoms with Gasteiger partial charge in [0.15, 0.2) is 0 Å². The number of hydrogen-bond acceptors (Lipinski definition) is 1. The summed E-state index contributed by atoms with van der Waals surface area (Å²) in [6, 6.07) is 15.1. The van der Waals surface area contributed by atoms with Gasteiger partial charge in [-0.2, -0.15) is 0 Å². The summed E-state index contributed by atoms with van der Waals surface area (Å²) in [5.41, 5.74) is 6.07. The first-order chi connectivity index (χ1) is 10.9. The zero-order chi connectivity index (χ0) is 16.4. The molecular formula is C22H22O. The van der Waals surface area contributed by atoms with Crippen LogP contribution in [0.2, 0.25) is 0 Å². The topological polar surface area (TPSA) is 13.1 Å². The zero-order valence-electron chi connectivity index (χ0n) is 14.4. The minimum absolute atomic E-state index is 0.0635. The largest absolute Gasteiger partial charge is 0.455 e. The first kappa shape index (κ1) is 14.3. The molecule has 0 aliphatic heterocycles. The van der Waals surface area contributed by atoms with Crippen LogP contribution in [0, 0.1) is 13.8 Å². The number of fused-ring (bicyclic) bond motifs is 5. The van der Waals surface area contributed by atoms with Crippen LogP contribution in [0.3, 0.4) is 0 Å². The van der Waals surface area contributed by atoms with Crippen molar-refractivity contribution in [2.45, 2.75) is 40.0 Å². The summed E-state index contributed by atoms with van der Waals surface area (Å²) in [6.45, 7) is 11.2. The van der Waals surface area contributed by atoms with Crippen molar-refractivity contribution in [3.8, 4) is 0 Å². The van der Waals surface area contributed by atoms with Crippen molar-refractivity contribution in [1.82, 2.24) is 0 Å². The maximum atomic E-state index is 6.34. The Morgan fingerprint density at radius 1 is 0.826 bits per heavy atom. The predicted molar refractivity (Wildman–Crippen MR) is 99.4 cm³/mol. The van der Waals surface area contributed by atoms with Gasteiger partial charge in [-0.05, 0) is 47.4 Å². The van der Waals surface area contributed by atoms with Crippen LogP contribution < -0.4 is 0 Å². The molecule has 0 saturated carbocycles. The standard InChI is InChI=1S/C22H22O/c1-13-10-11-17-18(12-13)23-21-16-9-7-6-8-15(16)14(2)20(19(17)21)22(3,4)5/h6-12H,1-5H3. The van der Waals surface area contributed by atoms with E-state index in [1.54, 1.807) is 0 Å². The van der Waals surface area contributed by atoms with E-state index >= 15 is 0 Å². The molecule has 0 amide bonds. The van der Waals surface area contributed by atoms with Crippen LogP contribution in [0.1, 0.15) is 37.5 Å². The Balaban J connectivity index is 2.37. The molecule has 0 fully saturated rings. The summed E-state index contributed by atoms with van der Waals surface area (Å²) in [7, 11) is 0. The Bertz CT molecular complexity index is 1060. The fourth-order valence-electron chi connectivity index (χ4n) is 3.91. The summed E-state index contributed by atoms with van der Waals surface area (Å²) in [5.74, 6) is 0. The molecule has 3 aromatic carbocycles. The Morgan fingerprint density at radius 2 is 1.52 bits per heavy atom. The normalized spacial score (nSPS) is 12.6. The van der Waals surface area contributed by atoms with Gasteiger partial charge in [0.1, 0.15) is 11.2 Å². The summed E-state index contributed by atoms with van der Waals surface area (Å²) >= 11 is 0. The molecule has 0 N–H and O–H groups in total. The van der Waals surface area contributed by atoms with Crippen LogP contribution in [0.4, 0.5) is 0 Å². The van der Waals surface area contributed by atoms with Crippen molar-refractivity contribution < 1.29 is 4.42 Å². The molecule has 1 aromatic heterocycles. The fourth-order valence-corrected chi connectivity index (χ4v) is 3.91. The molecule has 0 atom stereocenters. The van der Waals surface area contributed by atoms with Gasteiger partial charge in [0.25, 0.3) is 0 Å². The zero-order valence-corrected chi connectivity index (χ0v) is 14.4. The molecule has 0 bridgehead atoms. The van der Waals surface area contributed by atoms with Gasteiger partial charge < -0.3 is 4.42 Å². The maximum absolute atomic E-state index is 6.34. The Morgan fingerprint density at radius 3 is 2.22 bits per heavy atom. The third-order valence-corrected chi connectivity index (χ3v) is 4.80. The predicted octanol–water partition coefficient (Wildman–Crippen LogP) is 6.65. The Kier molecular flexibility index (Phi) is 2.87. The molecule has 1 heteroatoms. The van der Waals surface area contributed by atoms with Crippen LogP contribution in [-0.4, -0.2) is 0 Å². The third-order valence-electron chi connectivity index (χ3n) is 4.80. The minimum atomic E-state index is 0.0635. The highest BCUT2D eigenvalue weighted by molar-refractivity contribution is 6.18. The summed E-state index contributed by atoms with van der Waals surface area (Å²) in [6.07, 6.45) is 0. The number of hydrogen-bond donors (Lipinski definition) is 0. The number of furan rings is 1. The molecule has 23 heavy (non-hydrogen) atoms. The van der Waals surface area contributed by atoms with Crippen molar-refractivity contribution in [3.05, 3.63) is 59.2 Å². The molecule has 0 aliphatic carbocycles. The van der Waals surface area contributed by atoms with Gasteiger partial charge in [-0.1, -0.05) is 57.2 Å². The van der Waals surface area contributed by atoms with Crippen LogP contribution in [-0.2, 0) is 5.41 Å². The smallest absolute Gasteiger partial charge is 0.143 e. The molecular weight excluding hydrogens is 280 g/mol. The molecule has 116 valence electrons. The molecule has 0 saturated heterocycles. The third kappa shape index (κ3) is 1.99. The van der Waals surface area contributed by atoms with E-state index in [2.05, 4.69) is 77.1 Å². The SMILES string of the molecule is Cc1ccc2c(c1)oc1c3ccccc3c(C)c(C(C)(C)C)c21. The van der Waals surface area contributed by atoms with E-state index in [-0.39, 0.29) is 5.41 Å². The van der Waals surface area contributed by atoms with Gasteiger partial charge in [-0.15, -0.1) is 0 Å². The van der Waals surface area contributed by atoms with Gasteiger partial charge >= 0.3 is 0 Å². The number of aryl methyl sites for hydroxylation is 2. The summed E-state index contributed by atoms with van der Waals surface area (Å²) < 4.78 is 6.34. The molecule has 0 aliphatic rings. The first-order valence-corrected chi connectivity index (χ1v) is 8.22. The van der Waals surface area contributed by atoms with Crippen molar-refractivity contribution in [1.29, 1.82) is 0 Å². The van der Waals surface area contributed by atoms with E-state index < -0.39 is 0 Å². The lowest BCUT2D eigenvalue weighted by molar-refractivity contribution is 0.592. The monoisotopic (exact) mass is 302 g/mol. The lowest BCUT2D eigenvalue weighted by atomic mass is 9.79. The Labute approximate surface area is 136 Å². The van der Waals surface area contributed by atoms with E-state index in [0.29, 0.717) is 0 Å². The summed E-state index contributed by atoms with van der Waals surface area (Å²) in [5, 5.41) is 5.01. The first-order valence-electron chi connectivity index (χ1n) is 8.22. The van der Waals surface area contributed by atoms with Crippen LogP contribution in [0.25, 0.3) is 32.7 Å². The molecule has 4 rings (SSSR count). The second kappa shape index (κ2) is 4.61. The van der Waals surface area contributed by atoms with Crippen molar-refractivity contribution in [2.24, 2.45) is 0 Å². The minimum Gasteiger partial charge on any atom is -0.455 e. The highest BCUT2D eigenvalue weighted by Crippen LogP contribution is 2.43. The molecule has 0 spiro atoms. The van der Waals surface area contributed by atoms with Gasteiger partial charge in [0, 0.05) is 16.2 Å². The second-order valence-corrected chi connectivity index (χ2v) is 7.60. The van der Waals surface area contributed by atoms with E-state index in [1.165, 1.54) is 38.2 Å². The lowest BCUT2D eigenvalue weighted by Gasteiger charge is -2.24. The average molecular weight is 302 g/mol. The second-order valence-electron chi connectivity index (χ2n) is 7.60. The van der Waals surface area contributed by atoms with E-state index in [9.17, 15) is 0 Å². The van der Waals surface area contributed by atoms with Gasteiger partial charge in [-0.25, -0.2) is 0 Å². The quantitative estimate of drug-likeness (QED) is 0.354. The van der Waals surface area contributed by atoms with Crippen LogP contribution in [0.5, 0.6) is 0 Å². The van der Waals surface area contributed by atoms with Crippen molar-refractivity contribution in [2.75, 3.05) is 0 Å². The molecule has 1 nitrogen and oxygen atoms in total. The van der Waals surface area contributed by atoms with Gasteiger partial charge in [0.2, 0.25) is 0 Å². The molecule has 0 radical (unpaired) electrons. The molecule has 0 unspecified atom stereocenters. The Hall–Kier alpha value is -2.28. The van der Waals surface area contributed by atoms with Crippen LogP contribution >= 0.6 is 0 Å². The van der Waals surface area contributed by atoms with E-state index in [1.807, 2.05) is 0 Å². The average Bonchev–Trinajstić information content (AvgIpc) is 2.84. The number of rotatable bonds is 0. The van der Waals surface area contributed by atoms with Gasteiger partial charge in [0.05, 0.1) is 0 Å². The van der Waals surface area contributed by atoms with Gasteiger partial charge in [-0.3, -0.25) is 0 Å².